The number of fused-ring (bicyclic) bond motifs is 2. The molecule has 2 aliphatic carbocycles. The molecule has 22 heavy (non-hydrogen) atoms. The van der Waals surface area contributed by atoms with Crippen molar-refractivity contribution in [3.8, 4) is 0 Å². The first-order valence-electron chi connectivity index (χ1n) is 7.64. The van der Waals surface area contributed by atoms with E-state index in [0.717, 1.165) is 12.3 Å². The molecule has 0 heterocycles. The van der Waals surface area contributed by atoms with Gasteiger partial charge >= 0.3 is 0 Å². The van der Waals surface area contributed by atoms with E-state index in [1.54, 1.807) is 0 Å². The van der Waals surface area contributed by atoms with Crippen LogP contribution in [0.25, 0.3) is 0 Å². The number of sulfonamides is 1. The van der Waals surface area contributed by atoms with Gasteiger partial charge in [-0.3, -0.25) is 10.1 Å². The Hall–Kier alpha value is -1.47. The third kappa shape index (κ3) is 2.75. The van der Waals surface area contributed by atoms with Gasteiger partial charge in [-0.1, -0.05) is 18.6 Å². The van der Waals surface area contributed by atoms with E-state index >= 15 is 0 Å². The monoisotopic (exact) mass is 324 g/mol. The van der Waals surface area contributed by atoms with E-state index in [1.807, 2.05) is 6.92 Å². The lowest BCUT2D eigenvalue weighted by Gasteiger charge is -2.28. The summed E-state index contributed by atoms with van der Waals surface area (Å²) in [7, 11) is -3.88. The predicted molar refractivity (Wildman–Crippen MR) is 81.8 cm³/mol. The Morgan fingerprint density at radius 2 is 2.00 bits per heavy atom. The minimum Gasteiger partial charge on any atom is -0.258 e. The molecule has 0 radical (unpaired) electrons. The molecule has 120 valence electrons. The molecule has 0 spiro atoms. The summed E-state index contributed by atoms with van der Waals surface area (Å²) in [4.78, 5) is 10.1. The van der Waals surface area contributed by atoms with Crippen molar-refractivity contribution >= 4 is 15.7 Å². The molecule has 2 aliphatic rings. The number of para-hydroxylation sites is 1. The van der Waals surface area contributed by atoms with Crippen LogP contribution >= 0.6 is 0 Å². The molecule has 1 N–H and O–H groups in total. The van der Waals surface area contributed by atoms with E-state index in [-0.39, 0.29) is 16.6 Å². The van der Waals surface area contributed by atoms with Crippen LogP contribution in [-0.4, -0.2) is 19.4 Å². The maximum atomic E-state index is 12.5. The molecule has 2 saturated carbocycles. The van der Waals surface area contributed by atoms with Crippen molar-refractivity contribution in [2.45, 2.75) is 43.5 Å². The lowest BCUT2D eigenvalue weighted by atomic mass is 9.84. The predicted octanol–water partition coefficient (Wildman–Crippen LogP) is 2.70. The van der Waals surface area contributed by atoms with Gasteiger partial charge in [-0.25, -0.2) is 13.1 Å². The number of benzene rings is 1. The van der Waals surface area contributed by atoms with Crippen molar-refractivity contribution in [1.82, 2.24) is 4.72 Å². The molecule has 2 bridgehead atoms. The largest absolute Gasteiger partial charge is 0.289 e. The van der Waals surface area contributed by atoms with Gasteiger partial charge in [0.05, 0.1) is 4.92 Å². The highest BCUT2D eigenvalue weighted by molar-refractivity contribution is 7.89. The van der Waals surface area contributed by atoms with Crippen molar-refractivity contribution in [1.29, 1.82) is 0 Å². The highest BCUT2D eigenvalue weighted by Crippen LogP contribution is 2.49. The van der Waals surface area contributed by atoms with Gasteiger partial charge in [-0.2, -0.15) is 0 Å². The van der Waals surface area contributed by atoms with E-state index in [2.05, 4.69) is 4.72 Å². The zero-order chi connectivity index (χ0) is 15.9. The van der Waals surface area contributed by atoms with Gasteiger partial charge in [0.1, 0.15) is 0 Å². The average Bonchev–Trinajstić information content (AvgIpc) is 3.09. The Balaban J connectivity index is 1.80. The minimum atomic E-state index is -3.88. The average molecular weight is 324 g/mol. The second kappa shape index (κ2) is 5.62. The van der Waals surface area contributed by atoms with E-state index in [9.17, 15) is 18.5 Å². The lowest BCUT2D eigenvalue weighted by Crippen LogP contribution is -2.40. The van der Waals surface area contributed by atoms with Crippen LogP contribution in [0.2, 0.25) is 0 Å². The van der Waals surface area contributed by atoms with Crippen LogP contribution in [0.5, 0.6) is 0 Å². The highest BCUT2D eigenvalue weighted by atomic mass is 32.2. The SMILES string of the molecule is CC(NS(=O)(=O)c1ccccc1[N+](=O)[O-])C1CC2CCC1C2. The topological polar surface area (TPSA) is 89.3 Å². The summed E-state index contributed by atoms with van der Waals surface area (Å²) in [5, 5.41) is 11.0. The number of hydrogen-bond donors (Lipinski definition) is 1. The number of nitro benzene ring substituents is 1. The zero-order valence-electron chi connectivity index (χ0n) is 12.4. The number of nitrogens with one attached hydrogen (secondary N) is 1. The summed E-state index contributed by atoms with van der Waals surface area (Å²) in [5.41, 5.74) is -0.379. The Labute approximate surface area is 130 Å². The van der Waals surface area contributed by atoms with Gasteiger partial charge in [0.15, 0.2) is 4.90 Å². The summed E-state index contributed by atoms with van der Waals surface area (Å²) < 4.78 is 27.7. The van der Waals surface area contributed by atoms with Crippen LogP contribution in [0.4, 0.5) is 5.69 Å². The van der Waals surface area contributed by atoms with Gasteiger partial charge in [0, 0.05) is 12.1 Å². The van der Waals surface area contributed by atoms with Crippen LogP contribution < -0.4 is 4.72 Å². The first-order chi connectivity index (χ1) is 10.4. The molecule has 0 saturated heterocycles. The number of hydrogen-bond acceptors (Lipinski definition) is 4. The first-order valence-corrected chi connectivity index (χ1v) is 9.12. The van der Waals surface area contributed by atoms with Crippen LogP contribution in [0.15, 0.2) is 29.2 Å². The fraction of sp³-hybridized carbons (Fsp3) is 0.600. The number of nitrogens with zero attached hydrogens (tertiary/aromatic N) is 1. The molecule has 3 rings (SSSR count). The van der Waals surface area contributed by atoms with E-state index in [1.165, 1.54) is 43.5 Å². The second-order valence-corrected chi connectivity index (χ2v) is 8.16. The van der Waals surface area contributed by atoms with Crippen molar-refractivity contribution in [2.24, 2.45) is 17.8 Å². The van der Waals surface area contributed by atoms with Gasteiger partial charge in [0.2, 0.25) is 10.0 Å². The maximum Gasteiger partial charge on any atom is 0.289 e. The van der Waals surface area contributed by atoms with Crippen molar-refractivity contribution in [2.75, 3.05) is 0 Å². The van der Waals surface area contributed by atoms with E-state index < -0.39 is 14.9 Å². The maximum absolute atomic E-state index is 12.5. The van der Waals surface area contributed by atoms with Gasteiger partial charge in [-0.05, 0) is 50.0 Å². The van der Waals surface area contributed by atoms with Gasteiger partial charge in [0.25, 0.3) is 5.69 Å². The summed E-state index contributed by atoms with van der Waals surface area (Å²) in [5.74, 6) is 1.66. The molecule has 0 aliphatic heterocycles. The van der Waals surface area contributed by atoms with Crippen LogP contribution in [0.3, 0.4) is 0 Å². The zero-order valence-corrected chi connectivity index (χ0v) is 13.3. The van der Waals surface area contributed by atoms with Gasteiger partial charge in [-0.15, -0.1) is 0 Å². The Kier molecular flexibility index (Phi) is 3.94. The third-order valence-corrected chi connectivity index (χ3v) is 6.73. The molecule has 1 aromatic carbocycles. The fourth-order valence-corrected chi connectivity index (χ4v) is 5.60. The van der Waals surface area contributed by atoms with Crippen molar-refractivity contribution in [3.63, 3.8) is 0 Å². The van der Waals surface area contributed by atoms with Crippen molar-refractivity contribution in [3.05, 3.63) is 34.4 Å². The normalized spacial score (nSPS) is 28.7. The molecule has 4 unspecified atom stereocenters. The molecule has 2 fully saturated rings. The molecular formula is C15H20N2O4S. The summed E-state index contributed by atoms with van der Waals surface area (Å²) in [6.07, 6.45) is 4.69. The van der Waals surface area contributed by atoms with E-state index in [0.29, 0.717) is 11.8 Å². The molecule has 7 heteroatoms. The smallest absolute Gasteiger partial charge is 0.258 e. The van der Waals surface area contributed by atoms with Gasteiger partial charge < -0.3 is 0 Å². The fourth-order valence-electron chi connectivity index (χ4n) is 4.14. The standard InChI is InChI=1S/C15H20N2O4S/c1-10(13-9-11-6-7-12(13)8-11)16-22(20,21)15-5-3-2-4-14(15)17(18)19/h2-5,10-13,16H,6-9H2,1H3. The summed E-state index contributed by atoms with van der Waals surface area (Å²) in [6.45, 7) is 1.87. The Morgan fingerprint density at radius 3 is 2.59 bits per heavy atom. The van der Waals surface area contributed by atoms with Crippen molar-refractivity contribution < 1.29 is 13.3 Å². The Bertz CT molecular complexity index is 689. The number of nitro groups is 1. The lowest BCUT2D eigenvalue weighted by molar-refractivity contribution is -0.387. The quantitative estimate of drug-likeness (QED) is 0.666. The molecule has 1 aromatic rings. The van der Waals surface area contributed by atoms with Crippen LogP contribution in [0, 0.1) is 27.9 Å². The molecule has 6 nitrogen and oxygen atoms in total. The Morgan fingerprint density at radius 1 is 1.27 bits per heavy atom. The summed E-state index contributed by atoms with van der Waals surface area (Å²) in [6, 6.07) is 5.28. The molecule has 0 amide bonds. The highest BCUT2D eigenvalue weighted by Gasteiger charge is 2.43. The second-order valence-electron chi connectivity index (χ2n) is 6.47. The molecule has 4 atom stereocenters. The third-order valence-electron chi connectivity index (χ3n) is 5.13. The summed E-state index contributed by atoms with van der Waals surface area (Å²) >= 11 is 0. The van der Waals surface area contributed by atoms with E-state index in [4.69, 9.17) is 0 Å². The molecular weight excluding hydrogens is 304 g/mol. The first kappa shape index (κ1) is 15.4. The van der Waals surface area contributed by atoms with Crippen LogP contribution in [-0.2, 0) is 10.0 Å². The minimum absolute atomic E-state index is 0.194. The number of rotatable bonds is 5. The van der Waals surface area contributed by atoms with Crippen LogP contribution in [0.1, 0.15) is 32.6 Å². The molecule has 0 aromatic heterocycles.